The van der Waals surface area contributed by atoms with Crippen molar-refractivity contribution in [2.45, 2.75) is 50.2 Å². The van der Waals surface area contributed by atoms with Crippen molar-refractivity contribution >= 4 is 33.5 Å². The van der Waals surface area contributed by atoms with Crippen LogP contribution < -0.4 is 15.8 Å². The Hall–Kier alpha value is -3.24. The number of primary sulfonamides is 1. The first-order chi connectivity index (χ1) is 15.2. The Balaban J connectivity index is 2.03. The average molecular weight is 462 g/mol. The lowest BCUT2D eigenvalue weighted by molar-refractivity contribution is -0.156. The fourth-order valence-electron chi connectivity index (χ4n) is 2.86. The molecule has 0 aromatic heterocycles. The summed E-state index contributed by atoms with van der Waals surface area (Å²) >= 11 is 0. The summed E-state index contributed by atoms with van der Waals surface area (Å²) in [4.78, 5) is 37.6. The van der Waals surface area contributed by atoms with Gasteiger partial charge in [0.2, 0.25) is 10.0 Å². The molecule has 0 spiro atoms. The molecule has 0 saturated heterocycles. The molecule has 0 saturated carbocycles. The highest BCUT2D eigenvalue weighted by Crippen LogP contribution is 2.14. The average Bonchev–Trinajstić information content (AvgIpc) is 2.77. The molecule has 32 heavy (non-hydrogen) atoms. The first-order valence-electron chi connectivity index (χ1n) is 10.2. The highest BCUT2D eigenvalue weighted by molar-refractivity contribution is 7.89. The Labute approximate surface area is 187 Å². The molecular formula is C22H27N3O6S. The van der Waals surface area contributed by atoms with Crippen LogP contribution in [0.2, 0.25) is 0 Å². The van der Waals surface area contributed by atoms with Gasteiger partial charge in [-0.2, -0.15) is 0 Å². The number of hydrogen-bond acceptors (Lipinski definition) is 6. The zero-order valence-corrected chi connectivity index (χ0v) is 18.7. The van der Waals surface area contributed by atoms with Gasteiger partial charge >= 0.3 is 5.97 Å². The van der Waals surface area contributed by atoms with Gasteiger partial charge in [0, 0.05) is 11.3 Å². The number of nitrogens with one attached hydrogen (secondary N) is 2. The number of ether oxygens (including phenoxy) is 1. The molecule has 0 aliphatic carbocycles. The van der Waals surface area contributed by atoms with Gasteiger partial charge in [0.15, 0.2) is 6.10 Å². The Bertz CT molecular complexity index is 1040. The van der Waals surface area contributed by atoms with Crippen LogP contribution in [0.15, 0.2) is 59.5 Å². The van der Waals surface area contributed by atoms with Crippen molar-refractivity contribution in [1.82, 2.24) is 5.32 Å². The number of carbonyl (C=O) groups excluding carboxylic acids is 3. The normalized spacial score (nSPS) is 13.0. The van der Waals surface area contributed by atoms with E-state index in [0.29, 0.717) is 24.1 Å². The molecule has 2 rings (SSSR count). The molecule has 9 nitrogen and oxygen atoms in total. The molecule has 4 N–H and O–H groups in total. The van der Waals surface area contributed by atoms with E-state index in [-0.39, 0.29) is 11.3 Å². The van der Waals surface area contributed by atoms with E-state index in [1.165, 1.54) is 24.3 Å². The smallest absolute Gasteiger partial charge is 0.329 e. The number of anilines is 1. The predicted molar refractivity (Wildman–Crippen MR) is 119 cm³/mol. The van der Waals surface area contributed by atoms with Crippen LogP contribution in [-0.2, 0) is 24.3 Å². The molecule has 0 unspecified atom stereocenters. The van der Waals surface area contributed by atoms with Crippen molar-refractivity contribution in [2.75, 3.05) is 5.32 Å². The second kappa shape index (κ2) is 11.4. The summed E-state index contributed by atoms with van der Waals surface area (Å²) in [5.41, 5.74) is 0.730. The van der Waals surface area contributed by atoms with Crippen LogP contribution in [0.4, 0.5) is 5.69 Å². The van der Waals surface area contributed by atoms with Crippen LogP contribution in [0.1, 0.15) is 43.5 Å². The molecule has 2 amide bonds. The summed E-state index contributed by atoms with van der Waals surface area (Å²) in [7, 11) is -3.85. The number of sulfonamides is 1. The van der Waals surface area contributed by atoms with Crippen LogP contribution in [-0.4, -0.2) is 38.3 Å². The summed E-state index contributed by atoms with van der Waals surface area (Å²) in [6, 6.07) is 12.9. The van der Waals surface area contributed by atoms with Gasteiger partial charge in [0.1, 0.15) is 6.04 Å². The van der Waals surface area contributed by atoms with Gasteiger partial charge in [-0.25, -0.2) is 18.4 Å². The molecule has 0 fully saturated rings. The standard InChI is InChI=1S/C22H27N3O6S/c1-3-8-18(25-20(26)15-9-6-5-7-10-15)22(28)31-19(4-2)21(27)24-16-11-13-17(14-12-16)32(23,29)30/h5-7,9-14,18-19H,3-4,8H2,1-2H3,(H,24,27)(H,25,26)(H2,23,29,30)/t18-,19+/m0/s1. The van der Waals surface area contributed by atoms with Gasteiger partial charge in [-0.1, -0.05) is 38.5 Å². The lowest BCUT2D eigenvalue weighted by Gasteiger charge is -2.21. The van der Waals surface area contributed by atoms with Crippen LogP contribution in [0.5, 0.6) is 0 Å². The molecule has 2 aromatic carbocycles. The Morgan fingerprint density at radius 3 is 2.16 bits per heavy atom. The lowest BCUT2D eigenvalue weighted by Crippen LogP contribution is -2.44. The van der Waals surface area contributed by atoms with Gasteiger partial charge in [0.25, 0.3) is 11.8 Å². The van der Waals surface area contributed by atoms with Crippen molar-refractivity contribution in [3.63, 3.8) is 0 Å². The number of rotatable bonds is 10. The monoisotopic (exact) mass is 461 g/mol. The quantitative estimate of drug-likeness (QED) is 0.463. The summed E-state index contributed by atoms with van der Waals surface area (Å²) in [6.45, 7) is 3.54. The number of esters is 1. The molecular weight excluding hydrogens is 434 g/mol. The summed E-state index contributed by atoms with van der Waals surface area (Å²) < 4.78 is 28.0. The zero-order chi connectivity index (χ0) is 23.7. The lowest BCUT2D eigenvalue weighted by atomic mass is 10.1. The second-order valence-electron chi connectivity index (χ2n) is 7.07. The van der Waals surface area contributed by atoms with E-state index in [2.05, 4.69) is 10.6 Å². The fourth-order valence-corrected chi connectivity index (χ4v) is 3.38. The summed E-state index contributed by atoms with van der Waals surface area (Å²) in [5.74, 6) is -1.69. The van der Waals surface area contributed by atoms with E-state index in [9.17, 15) is 22.8 Å². The van der Waals surface area contributed by atoms with Gasteiger partial charge < -0.3 is 15.4 Å². The van der Waals surface area contributed by atoms with E-state index in [1.54, 1.807) is 37.3 Å². The first kappa shape index (κ1) is 25.0. The maximum Gasteiger partial charge on any atom is 0.329 e. The highest BCUT2D eigenvalue weighted by atomic mass is 32.2. The van der Waals surface area contributed by atoms with Crippen LogP contribution >= 0.6 is 0 Å². The van der Waals surface area contributed by atoms with E-state index in [0.717, 1.165) is 0 Å². The van der Waals surface area contributed by atoms with Crippen molar-refractivity contribution in [3.8, 4) is 0 Å². The molecule has 2 aromatic rings. The SMILES string of the molecule is CCC[C@H](NC(=O)c1ccccc1)C(=O)O[C@H](CC)C(=O)Nc1ccc(S(N)(=O)=O)cc1. The summed E-state index contributed by atoms with van der Waals surface area (Å²) in [5, 5.41) is 10.3. The second-order valence-corrected chi connectivity index (χ2v) is 8.63. The molecule has 0 aliphatic rings. The number of amides is 2. The van der Waals surface area contributed by atoms with E-state index in [4.69, 9.17) is 9.88 Å². The maximum absolute atomic E-state index is 12.7. The van der Waals surface area contributed by atoms with Crippen molar-refractivity contribution in [3.05, 3.63) is 60.2 Å². The molecule has 0 bridgehead atoms. The minimum Gasteiger partial charge on any atom is -0.451 e. The molecule has 0 heterocycles. The van der Waals surface area contributed by atoms with Crippen LogP contribution in [0, 0.1) is 0 Å². The van der Waals surface area contributed by atoms with E-state index >= 15 is 0 Å². The molecule has 10 heteroatoms. The molecule has 2 atom stereocenters. The molecule has 172 valence electrons. The third kappa shape index (κ3) is 7.17. The minimum absolute atomic E-state index is 0.0921. The Kier molecular flexibility index (Phi) is 8.91. The number of nitrogens with two attached hydrogens (primary N) is 1. The Morgan fingerprint density at radius 2 is 1.62 bits per heavy atom. The van der Waals surface area contributed by atoms with Gasteiger partial charge in [-0.05, 0) is 49.2 Å². The molecule has 0 aliphatic heterocycles. The van der Waals surface area contributed by atoms with Gasteiger partial charge in [-0.15, -0.1) is 0 Å². The van der Waals surface area contributed by atoms with Crippen molar-refractivity contribution < 1.29 is 27.5 Å². The fraction of sp³-hybridized carbons (Fsp3) is 0.318. The number of carbonyl (C=O) groups is 3. The van der Waals surface area contributed by atoms with Crippen molar-refractivity contribution in [2.24, 2.45) is 5.14 Å². The number of benzene rings is 2. The van der Waals surface area contributed by atoms with Crippen LogP contribution in [0.3, 0.4) is 0 Å². The third-order valence-electron chi connectivity index (χ3n) is 4.58. The highest BCUT2D eigenvalue weighted by Gasteiger charge is 2.28. The van der Waals surface area contributed by atoms with Crippen molar-refractivity contribution in [1.29, 1.82) is 0 Å². The summed E-state index contributed by atoms with van der Waals surface area (Å²) in [6.07, 6.45) is 0.0882. The maximum atomic E-state index is 12.7. The molecule has 0 radical (unpaired) electrons. The van der Waals surface area contributed by atoms with Gasteiger partial charge in [-0.3, -0.25) is 9.59 Å². The topological polar surface area (TPSA) is 145 Å². The minimum atomic E-state index is -3.85. The van der Waals surface area contributed by atoms with E-state index in [1.807, 2.05) is 6.92 Å². The zero-order valence-electron chi connectivity index (χ0n) is 17.9. The third-order valence-corrected chi connectivity index (χ3v) is 5.50. The Morgan fingerprint density at radius 1 is 1.00 bits per heavy atom. The largest absolute Gasteiger partial charge is 0.451 e. The van der Waals surface area contributed by atoms with Gasteiger partial charge in [0.05, 0.1) is 4.90 Å². The van der Waals surface area contributed by atoms with E-state index < -0.39 is 40.0 Å². The van der Waals surface area contributed by atoms with Crippen LogP contribution in [0.25, 0.3) is 0 Å². The predicted octanol–water partition coefficient (Wildman–Crippen LogP) is 2.19. The number of hydrogen-bond donors (Lipinski definition) is 3. The first-order valence-corrected chi connectivity index (χ1v) is 11.7.